The lowest BCUT2D eigenvalue weighted by Crippen LogP contribution is -2.38. The highest BCUT2D eigenvalue weighted by atomic mass is 16.5. The third-order valence-electron chi connectivity index (χ3n) is 3.33. The molecule has 0 bridgehead atoms. The Labute approximate surface area is 91.8 Å². The monoisotopic (exact) mass is 214 g/mol. The highest BCUT2D eigenvalue weighted by Crippen LogP contribution is 2.44. The lowest BCUT2D eigenvalue weighted by atomic mass is 9.67. The summed E-state index contributed by atoms with van der Waals surface area (Å²) in [5.74, 6) is 0.0170. The van der Waals surface area contributed by atoms with Crippen LogP contribution in [0.15, 0.2) is 0 Å². The van der Waals surface area contributed by atoms with Crippen LogP contribution in [0.2, 0.25) is 0 Å². The number of carboxylic acids is 1. The Balaban J connectivity index is 2.11. The van der Waals surface area contributed by atoms with E-state index in [0.29, 0.717) is 18.9 Å². The molecule has 0 aromatic rings. The summed E-state index contributed by atoms with van der Waals surface area (Å²) in [5, 5.41) is 9.07. The highest BCUT2D eigenvalue weighted by Gasteiger charge is 2.43. The topological polar surface area (TPSA) is 46.5 Å². The van der Waals surface area contributed by atoms with Gasteiger partial charge in [0.2, 0.25) is 0 Å². The minimum atomic E-state index is -0.638. The first-order chi connectivity index (χ1) is 7.07. The molecule has 88 valence electrons. The molecule has 0 heterocycles. The molecule has 1 rings (SSSR count). The molecule has 0 spiro atoms. The third-order valence-corrected chi connectivity index (χ3v) is 3.33. The summed E-state index contributed by atoms with van der Waals surface area (Å²) in [7, 11) is 0. The molecule has 1 N–H and O–H groups in total. The maximum Gasteiger partial charge on any atom is 0.309 e. The molecule has 0 radical (unpaired) electrons. The smallest absolute Gasteiger partial charge is 0.309 e. The van der Waals surface area contributed by atoms with Gasteiger partial charge in [-0.2, -0.15) is 0 Å². The van der Waals surface area contributed by atoms with Crippen molar-refractivity contribution in [1.82, 2.24) is 0 Å². The summed E-state index contributed by atoms with van der Waals surface area (Å²) in [6.07, 6.45) is 4.45. The van der Waals surface area contributed by atoms with Gasteiger partial charge in [0, 0.05) is 13.2 Å². The van der Waals surface area contributed by atoms with Crippen molar-refractivity contribution in [3.05, 3.63) is 0 Å². The summed E-state index contributed by atoms with van der Waals surface area (Å²) >= 11 is 0. The predicted octanol–water partition coefficient (Wildman–Crippen LogP) is 2.69. The van der Waals surface area contributed by atoms with Gasteiger partial charge in [-0.15, -0.1) is 0 Å². The largest absolute Gasteiger partial charge is 0.481 e. The summed E-state index contributed by atoms with van der Waals surface area (Å²) in [5.41, 5.74) is -0.447. The second-order valence-electron chi connectivity index (χ2n) is 4.98. The van der Waals surface area contributed by atoms with Crippen LogP contribution in [0.5, 0.6) is 0 Å². The van der Waals surface area contributed by atoms with E-state index in [4.69, 9.17) is 9.84 Å². The van der Waals surface area contributed by atoms with Gasteiger partial charge in [0.05, 0.1) is 5.41 Å². The van der Waals surface area contributed by atoms with Crippen LogP contribution in [0.3, 0.4) is 0 Å². The molecule has 0 aromatic heterocycles. The van der Waals surface area contributed by atoms with E-state index in [-0.39, 0.29) is 0 Å². The van der Waals surface area contributed by atoms with Crippen molar-refractivity contribution in [3.63, 3.8) is 0 Å². The van der Waals surface area contributed by atoms with Crippen LogP contribution in [0.1, 0.15) is 46.0 Å². The van der Waals surface area contributed by atoms with Crippen LogP contribution < -0.4 is 0 Å². The van der Waals surface area contributed by atoms with Gasteiger partial charge < -0.3 is 9.84 Å². The van der Waals surface area contributed by atoms with Crippen molar-refractivity contribution in [2.75, 3.05) is 13.2 Å². The normalized spacial score (nSPS) is 18.9. The highest BCUT2D eigenvalue weighted by molar-refractivity contribution is 5.75. The molecule has 0 unspecified atom stereocenters. The summed E-state index contributed by atoms with van der Waals surface area (Å²) in [6.45, 7) is 5.68. The predicted molar refractivity (Wildman–Crippen MR) is 58.8 cm³/mol. The first-order valence-corrected chi connectivity index (χ1v) is 5.88. The molecular weight excluding hydrogens is 192 g/mol. The van der Waals surface area contributed by atoms with E-state index in [1.807, 2.05) is 0 Å². The Morgan fingerprint density at radius 3 is 2.47 bits per heavy atom. The Morgan fingerprint density at radius 2 is 2.07 bits per heavy atom. The fourth-order valence-corrected chi connectivity index (χ4v) is 1.86. The number of ether oxygens (including phenoxy) is 1. The molecule has 3 heteroatoms. The molecule has 0 atom stereocenters. The van der Waals surface area contributed by atoms with E-state index in [1.54, 1.807) is 0 Å². The van der Waals surface area contributed by atoms with Gasteiger partial charge in [-0.05, 0) is 31.6 Å². The average molecular weight is 214 g/mol. The van der Waals surface area contributed by atoms with Gasteiger partial charge in [-0.3, -0.25) is 4.79 Å². The number of hydrogen-bond donors (Lipinski definition) is 1. The van der Waals surface area contributed by atoms with Crippen molar-refractivity contribution in [2.45, 2.75) is 46.0 Å². The van der Waals surface area contributed by atoms with Crippen molar-refractivity contribution < 1.29 is 14.6 Å². The molecule has 0 saturated heterocycles. The molecule has 15 heavy (non-hydrogen) atoms. The van der Waals surface area contributed by atoms with Gasteiger partial charge in [-0.25, -0.2) is 0 Å². The zero-order valence-electron chi connectivity index (χ0n) is 9.79. The van der Waals surface area contributed by atoms with E-state index in [9.17, 15) is 4.79 Å². The van der Waals surface area contributed by atoms with E-state index in [2.05, 4.69) is 13.8 Å². The molecular formula is C12H22O3. The summed E-state index contributed by atoms with van der Waals surface area (Å²) in [6, 6.07) is 0. The minimum Gasteiger partial charge on any atom is -0.481 e. The van der Waals surface area contributed by atoms with Gasteiger partial charge in [0.25, 0.3) is 0 Å². The van der Waals surface area contributed by atoms with Gasteiger partial charge in [0.15, 0.2) is 0 Å². The quantitative estimate of drug-likeness (QED) is 0.663. The lowest BCUT2D eigenvalue weighted by Gasteiger charge is -2.37. The number of carboxylic acid groups (broad SMARTS) is 1. The molecule has 0 amide bonds. The fourth-order valence-electron chi connectivity index (χ4n) is 1.86. The first-order valence-electron chi connectivity index (χ1n) is 5.88. The lowest BCUT2D eigenvalue weighted by molar-refractivity contribution is -0.156. The Kier molecular flexibility index (Phi) is 4.58. The molecule has 0 aromatic carbocycles. The zero-order valence-corrected chi connectivity index (χ0v) is 9.79. The first kappa shape index (κ1) is 12.5. The Morgan fingerprint density at radius 1 is 1.40 bits per heavy atom. The summed E-state index contributed by atoms with van der Waals surface area (Å²) < 4.78 is 5.46. The number of hydrogen-bond acceptors (Lipinski definition) is 2. The van der Waals surface area contributed by atoms with Crippen molar-refractivity contribution in [3.8, 4) is 0 Å². The maximum atomic E-state index is 11.0. The van der Waals surface area contributed by atoms with E-state index in [1.165, 1.54) is 0 Å². The second kappa shape index (κ2) is 5.50. The molecule has 0 aliphatic heterocycles. The van der Waals surface area contributed by atoms with Gasteiger partial charge in [-0.1, -0.05) is 20.3 Å². The van der Waals surface area contributed by atoms with Crippen LogP contribution in [0, 0.1) is 11.3 Å². The van der Waals surface area contributed by atoms with Gasteiger partial charge >= 0.3 is 5.97 Å². The molecule has 1 aliphatic carbocycles. The minimum absolute atomic E-state index is 0.447. The van der Waals surface area contributed by atoms with E-state index < -0.39 is 11.4 Å². The van der Waals surface area contributed by atoms with E-state index >= 15 is 0 Å². The maximum absolute atomic E-state index is 11.0. The van der Waals surface area contributed by atoms with E-state index in [0.717, 1.165) is 32.3 Å². The molecule has 3 nitrogen and oxygen atoms in total. The van der Waals surface area contributed by atoms with Crippen LogP contribution >= 0.6 is 0 Å². The van der Waals surface area contributed by atoms with Crippen molar-refractivity contribution >= 4 is 5.97 Å². The SMILES string of the molecule is CC(C)CCOCCC1(C(=O)O)CCC1. The van der Waals surface area contributed by atoms with Gasteiger partial charge in [0.1, 0.15) is 0 Å². The van der Waals surface area contributed by atoms with Crippen LogP contribution in [0.4, 0.5) is 0 Å². The molecule has 1 fully saturated rings. The zero-order chi connectivity index (χ0) is 11.3. The second-order valence-corrected chi connectivity index (χ2v) is 4.98. The fraction of sp³-hybridized carbons (Fsp3) is 0.917. The van der Waals surface area contributed by atoms with Crippen LogP contribution in [-0.2, 0) is 9.53 Å². The molecule has 1 aliphatic rings. The number of carbonyl (C=O) groups is 1. The average Bonchev–Trinajstić information content (AvgIpc) is 2.06. The number of rotatable bonds is 7. The Hall–Kier alpha value is -0.570. The number of aliphatic carboxylic acids is 1. The third kappa shape index (κ3) is 3.49. The van der Waals surface area contributed by atoms with Crippen LogP contribution in [0.25, 0.3) is 0 Å². The standard InChI is InChI=1S/C12H22O3/c1-10(2)4-8-15-9-7-12(11(13)14)5-3-6-12/h10H,3-9H2,1-2H3,(H,13,14). The Bertz CT molecular complexity index is 207. The summed E-state index contributed by atoms with van der Waals surface area (Å²) in [4.78, 5) is 11.0. The molecule has 1 saturated carbocycles. The van der Waals surface area contributed by atoms with Crippen LogP contribution in [-0.4, -0.2) is 24.3 Å². The van der Waals surface area contributed by atoms with Crippen molar-refractivity contribution in [1.29, 1.82) is 0 Å². The van der Waals surface area contributed by atoms with Crippen molar-refractivity contribution in [2.24, 2.45) is 11.3 Å².